The molecule has 4 nitrogen and oxygen atoms in total. The van der Waals surface area contributed by atoms with Crippen LogP contribution in [0.4, 0.5) is 0 Å². The summed E-state index contributed by atoms with van der Waals surface area (Å²) >= 11 is 12.3. The van der Waals surface area contributed by atoms with Crippen molar-refractivity contribution in [3.63, 3.8) is 0 Å². The number of ether oxygens (including phenoxy) is 1. The van der Waals surface area contributed by atoms with Gasteiger partial charge in [0.2, 0.25) is 0 Å². The zero-order valence-electron chi connectivity index (χ0n) is 12.8. The van der Waals surface area contributed by atoms with E-state index in [-0.39, 0.29) is 12.2 Å². The van der Waals surface area contributed by atoms with Crippen molar-refractivity contribution in [2.24, 2.45) is 5.16 Å². The van der Waals surface area contributed by atoms with E-state index >= 15 is 0 Å². The first-order valence-electron chi connectivity index (χ1n) is 7.22. The molecular weight excluding hydrogens is 361 g/mol. The molecule has 6 heteroatoms. The lowest BCUT2D eigenvalue weighted by atomic mass is 10.0. The molecule has 1 aliphatic heterocycles. The molecule has 0 spiro atoms. The Balaban J connectivity index is 2.09. The Morgan fingerprint density at radius 3 is 2.72 bits per heavy atom. The molecule has 2 aromatic carbocycles. The van der Waals surface area contributed by atoms with Crippen LogP contribution in [0.3, 0.4) is 0 Å². The molecule has 1 aliphatic rings. The van der Waals surface area contributed by atoms with Gasteiger partial charge in [-0.05, 0) is 18.2 Å². The molecule has 0 saturated heterocycles. The average molecular weight is 372 g/mol. The predicted octanol–water partition coefficient (Wildman–Crippen LogP) is 4.35. The van der Waals surface area contributed by atoms with Crippen LogP contribution in [0.1, 0.15) is 11.1 Å². The van der Waals surface area contributed by atoms with Crippen LogP contribution in [-0.4, -0.2) is 18.3 Å². The summed E-state index contributed by atoms with van der Waals surface area (Å²) in [4.78, 5) is 16.9. The van der Waals surface area contributed by atoms with Crippen molar-refractivity contribution >= 4 is 41.0 Å². The van der Waals surface area contributed by atoms with Crippen molar-refractivity contribution in [2.45, 2.75) is 0 Å². The van der Waals surface area contributed by atoms with Crippen molar-refractivity contribution in [2.75, 3.05) is 6.61 Å². The first-order chi connectivity index (χ1) is 12.1. The predicted molar refractivity (Wildman–Crippen MR) is 97.8 cm³/mol. The molecule has 0 aromatic heterocycles. The summed E-state index contributed by atoms with van der Waals surface area (Å²) < 4.78 is 5.50. The number of hydrogen-bond donors (Lipinski definition) is 0. The molecule has 0 saturated carbocycles. The molecule has 0 unspecified atom stereocenters. The van der Waals surface area contributed by atoms with Gasteiger partial charge in [0.05, 0.1) is 10.6 Å². The highest BCUT2D eigenvalue weighted by Crippen LogP contribution is 2.35. The van der Waals surface area contributed by atoms with Gasteiger partial charge in [-0.3, -0.25) is 0 Å². The van der Waals surface area contributed by atoms with E-state index < -0.39 is 5.97 Å². The molecule has 124 valence electrons. The smallest absolute Gasteiger partial charge is 0.368 e. The van der Waals surface area contributed by atoms with Crippen LogP contribution in [0.25, 0.3) is 6.08 Å². The van der Waals surface area contributed by atoms with Crippen molar-refractivity contribution in [3.05, 3.63) is 69.2 Å². The Hall–Kier alpha value is -2.74. The van der Waals surface area contributed by atoms with Gasteiger partial charge in [0.1, 0.15) is 18.1 Å². The fraction of sp³-hybridized carbons (Fsp3) is 0.0526. The van der Waals surface area contributed by atoms with Gasteiger partial charge in [-0.25, -0.2) is 4.79 Å². The molecule has 2 aromatic rings. The number of carbonyl (C=O) groups is 1. The summed E-state index contributed by atoms with van der Waals surface area (Å²) in [6, 6.07) is 12.4. The van der Waals surface area contributed by atoms with Gasteiger partial charge >= 0.3 is 5.97 Å². The van der Waals surface area contributed by atoms with Crippen LogP contribution >= 0.6 is 23.2 Å². The summed E-state index contributed by atoms with van der Waals surface area (Å²) in [5.74, 6) is 2.14. The molecule has 1 heterocycles. The average Bonchev–Trinajstić information content (AvgIpc) is 2.96. The Bertz CT molecular complexity index is 928. The van der Waals surface area contributed by atoms with E-state index in [1.54, 1.807) is 12.1 Å². The molecule has 0 amide bonds. The van der Waals surface area contributed by atoms with Gasteiger partial charge < -0.3 is 9.57 Å². The first-order valence-corrected chi connectivity index (χ1v) is 7.98. The molecule has 0 bridgehead atoms. The lowest BCUT2D eigenvalue weighted by Crippen LogP contribution is -2.07. The maximum Gasteiger partial charge on any atom is 0.368 e. The molecule has 0 atom stereocenters. The summed E-state index contributed by atoms with van der Waals surface area (Å²) in [6.07, 6.45) is 6.81. The Kier molecular flexibility index (Phi) is 5.08. The minimum Gasteiger partial charge on any atom is -0.479 e. The topological polar surface area (TPSA) is 47.9 Å². The maximum atomic E-state index is 12.1. The lowest BCUT2D eigenvalue weighted by molar-refractivity contribution is -0.136. The van der Waals surface area contributed by atoms with E-state index in [1.807, 2.05) is 30.3 Å². The number of nitrogens with zero attached hydrogens (tertiary/aromatic N) is 1. The number of rotatable bonds is 4. The van der Waals surface area contributed by atoms with Gasteiger partial charge in [-0.15, -0.1) is 6.42 Å². The quantitative estimate of drug-likeness (QED) is 0.456. The van der Waals surface area contributed by atoms with Gasteiger partial charge in [-0.1, -0.05) is 64.6 Å². The van der Waals surface area contributed by atoms with Crippen molar-refractivity contribution in [1.82, 2.24) is 0 Å². The van der Waals surface area contributed by atoms with Crippen molar-refractivity contribution in [1.29, 1.82) is 0 Å². The van der Waals surface area contributed by atoms with E-state index in [1.165, 1.54) is 6.07 Å². The molecular formula is C19H11Cl2NO3. The van der Waals surface area contributed by atoms with Crippen molar-refractivity contribution in [3.8, 4) is 18.1 Å². The highest BCUT2D eigenvalue weighted by atomic mass is 35.5. The fourth-order valence-electron chi connectivity index (χ4n) is 2.32. The van der Waals surface area contributed by atoms with Crippen LogP contribution in [0.15, 0.2) is 53.2 Å². The zero-order valence-corrected chi connectivity index (χ0v) is 14.3. The zero-order chi connectivity index (χ0) is 17.8. The van der Waals surface area contributed by atoms with E-state index in [0.717, 1.165) is 5.56 Å². The van der Waals surface area contributed by atoms with Crippen LogP contribution in [0.2, 0.25) is 10.0 Å². The number of benzene rings is 2. The fourth-order valence-corrected chi connectivity index (χ4v) is 2.89. The van der Waals surface area contributed by atoms with E-state index in [2.05, 4.69) is 11.1 Å². The number of oxime groups is 1. The maximum absolute atomic E-state index is 12.1. The number of terminal acetylenes is 1. The minimum absolute atomic E-state index is 0.0294. The second-order valence-electron chi connectivity index (χ2n) is 5.04. The second-order valence-corrected chi connectivity index (χ2v) is 5.89. The summed E-state index contributed by atoms with van der Waals surface area (Å²) in [5.41, 5.74) is 1.95. The Labute approximate surface area is 154 Å². The Morgan fingerprint density at radius 2 is 2.00 bits per heavy atom. The molecule has 0 N–H and O–H groups in total. The monoisotopic (exact) mass is 371 g/mol. The SMILES string of the molecule is C#CCOc1c(Cl)cc(Cl)cc1/C=C1\C(=O)ON=C1c1ccccc1. The largest absolute Gasteiger partial charge is 0.479 e. The van der Waals surface area contributed by atoms with Crippen LogP contribution < -0.4 is 4.74 Å². The van der Waals surface area contributed by atoms with Gasteiger partial charge in [0.25, 0.3) is 0 Å². The summed E-state index contributed by atoms with van der Waals surface area (Å²) in [6.45, 7) is 0.0294. The molecule has 0 radical (unpaired) electrons. The second kappa shape index (κ2) is 7.43. The molecule has 25 heavy (non-hydrogen) atoms. The van der Waals surface area contributed by atoms with Gasteiger partial charge in [-0.2, -0.15) is 0 Å². The number of carbonyl (C=O) groups excluding carboxylic acids is 1. The summed E-state index contributed by atoms with van der Waals surface area (Å²) in [5, 5.41) is 4.55. The summed E-state index contributed by atoms with van der Waals surface area (Å²) in [7, 11) is 0. The third-order valence-electron chi connectivity index (χ3n) is 3.38. The molecule has 0 aliphatic carbocycles. The van der Waals surface area contributed by atoms with Crippen LogP contribution in [0.5, 0.6) is 5.75 Å². The molecule has 0 fully saturated rings. The third kappa shape index (κ3) is 3.69. The van der Waals surface area contributed by atoms with Crippen molar-refractivity contribution < 1.29 is 14.4 Å². The van der Waals surface area contributed by atoms with Crippen LogP contribution in [-0.2, 0) is 9.63 Å². The van der Waals surface area contributed by atoms with Gasteiger partial charge in [0.15, 0.2) is 0 Å². The number of halogens is 2. The van der Waals surface area contributed by atoms with E-state index in [0.29, 0.717) is 27.1 Å². The van der Waals surface area contributed by atoms with Gasteiger partial charge in [0, 0.05) is 16.1 Å². The standard InChI is InChI=1S/C19H11Cl2NO3/c1-2-8-24-18-13(9-14(20)11-16(18)21)10-15-17(22-25-19(15)23)12-6-4-3-5-7-12/h1,3-7,9-11H,8H2/b15-10-. The number of hydrogen-bond acceptors (Lipinski definition) is 4. The van der Waals surface area contributed by atoms with E-state index in [4.69, 9.17) is 39.2 Å². The van der Waals surface area contributed by atoms with E-state index in [9.17, 15) is 4.79 Å². The first kappa shape index (κ1) is 17.1. The normalized spacial score (nSPS) is 14.8. The minimum atomic E-state index is -0.571. The highest BCUT2D eigenvalue weighted by molar-refractivity contribution is 6.36. The third-order valence-corrected chi connectivity index (χ3v) is 3.88. The van der Waals surface area contributed by atoms with Crippen LogP contribution in [0, 0.1) is 12.3 Å². The Morgan fingerprint density at radius 1 is 1.24 bits per heavy atom. The highest BCUT2D eigenvalue weighted by Gasteiger charge is 2.27. The molecule has 3 rings (SSSR count). The lowest BCUT2D eigenvalue weighted by Gasteiger charge is -2.10.